The van der Waals surface area contributed by atoms with Crippen LogP contribution < -0.4 is 5.32 Å². The Kier molecular flexibility index (Phi) is 5.46. The molecule has 2 rings (SSSR count). The first kappa shape index (κ1) is 14.3. The molecule has 1 N–H and O–H groups in total. The van der Waals surface area contributed by atoms with Crippen molar-refractivity contribution in [3.05, 3.63) is 0 Å². The number of rotatable bonds is 6. The summed E-state index contributed by atoms with van der Waals surface area (Å²) in [6.07, 6.45) is 6.89. The van der Waals surface area contributed by atoms with Crippen molar-refractivity contribution >= 4 is 0 Å². The molecule has 0 aromatic rings. The van der Waals surface area contributed by atoms with E-state index in [9.17, 15) is 0 Å². The average molecular weight is 254 g/mol. The first-order valence-corrected chi connectivity index (χ1v) is 7.70. The van der Waals surface area contributed by atoms with Crippen LogP contribution in [-0.2, 0) is 4.74 Å². The highest BCUT2D eigenvalue weighted by Crippen LogP contribution is 2.32. The highest BCUT2D eigenvalue weighted by Gasteiger charge is 2.35. The maximum absolute atomic E-state index is 5.63. The molecular weight excluding hydrogens is 224 g/mol. The van der Waals surface area contributed by atoms with Gasteiger partial charge in [0.25, 0.3) is 0 Å². The Bertz CT molecular complexity index is 231. The van der Waals surface area contributed by atoms with Gasteiger partial charge in [-0.15, -0.1) is 0 Å². The predicted molar refractivity (Wildman–Crippen MR) is 75.9 cm³/mol. The number of piperidine rings is 2. The Labute approximate surface area is 112 Å². The Hall–Kier alpha value is -0.120. The minimum atomic E-state index is 0.646. The average Bonchev–Trinajstić information content (AvgIpc) is 2.29. The Morgan fingerprint density at radius 2 is 1.89 bits per heavy atom. The standard InChI is InChI=1S/C15H30N2O/c1-12(2)11-18-8-7-16-13-9-14-5-4-6-15(10-13)17(14)3/h12-16H,4-11H2,1-3H3. The van der Waals surface area contributed by atoms with Crippen molar-refractivity contribution in [1.82, 2.24) is 10.2 Å². The summed E-state index contributed by atoms with van der Waals surface area (Å²) < 4.78 is 5.63. The maximum Gasteiger partial charge on any atom is 0.0591 e. The minimum absolute atomic E-state index is 0.646. The van der Waals surface area contributed by atoms with E-state index in [1.807, 2.05) is 0 Å². The number of nitrogens with one attached hydrogen (secondary N) is 1. The molecular formula is C15H30N2O. The van der Waals surface area contributed by atoms with Crippen LogP contribution in [0.25, 0.3) is 0 Å². The molecule has 2 aliphatic rings. The second-order valence-corrected chi connectivity index (χ2v) is 6.50. The van der Waals surface area contributed by atoms with Crippen molar-refractivity contribution in [3.8, 4) is 0 Å². The lowest BCUT2D eigenvalue weighted by Crippen LogP contribution is -2.54. The van der Waals surface area contributed by atoms with Gasteiger partial charge in [0.05, 0.1) is 6.61 Å². The van der Waals surface area contributed by atoms with Crippen molar-refractivity contribution in [2.24, 2.45) is 5.92 Å². The molecule has 0 spiro atoms. The molecule has 2 heterocycles. The second kappa shape index (κ2) is 6.88. The second-order valence-electron chi connectivity index (χ2n) is 6.50. The van der Waals surface area contributed by atoms with E-state index in [4.69, 9.17) is 4.74 Å². The number of hydrogen-bond acceptors (Lipinski definition) is 3. The summed E-state index contributed by atoms with van der Waals surface area (Å²) in [5.41, 5.74) is 0. The van der Waals surface area contributed by atoms with E-state index in [0.29, 0.717) is 5.92 Å². The molecule has 106 valence electrons. The summed E-state index contributed by atoms with van der Waals surface area (Å²) in [5.74, 6) is 0.646. The van der Waals surface area contributed by atoms with Crippen molar-refractivity contribution in [3.63, 3.8) is 0 Å². The van der Waals surface area contributed by atoms with Gasteiger partial charge in [0.1, 0.15) is 0 Å². The summed E-state index contributed by atoms with van der Waals surface area (Å²) in [5, 5.41) is 3.69. The first-order chi connectivity index (χ1) is 8.66. The monoisotopic (exact) mass is 254 g/mol. The number of nitrogens with zero attached hydrogens (tertiary/aromatic N) is 1. The van der Waals surface area contributed by atoms with Gasteiger partial charge >= 0.3 is 0 Å². The van der Waals surface area contributed by atoms with E-state index in [1.165, 1.54) is 32.1 Å². The largest absolute Gasteiger partial charge is 0.380 e. The third-order valence-corrected chi connectivity index (χ3v) is 4.47. The van der Waals surface area contributed by atoms with Crippen LogP contribution in [0.3, 0.4) is 0 Å². The summed E-state index contributed by atoms with van der Waals surface area (Å²) in [6, 6.07) is 2.37. The molecule has 0 amide bonds. The fraction of sp³-hybridized carbons (Fsp3) is 1.00. The lowest BCUT2D eigenvalue weighted by atomic mass is 9.82. The number of hydrogen-bond donors (Lipinski definition) is 1. The first-order valence-electron chi connectivity index (χ1n) is 7.70. The van der Waals surface area contributed by atoms with Gasteiger partial charge in [-0.05, 0) is 38.6 Å². The van der Waals surface area contributed by atoms with E-state index in [1.54, 1.807) is 0 Å². The summed E-state index contributed by atoms with van der Waals surface area (Å²) in [4.78, 5) is 2.62. The maximum atomic E-state index is 5.63. The zero-order chi connectivity index (χ0) is 13.0. The third-order valence-electron chi connectivity index (χ3n) is 4.47. The molecule has 2 saturated heterocycles. The lowest BCUT2D eigenvalue weighted by Gasteiger charge is -2.47. The molecule has 0 aromatic carbocycles. The smallest absolute Gasteiger partial charge is 0.0591 e. The molecule has 2 bridgehead atoms. The molecule has 0 aromatic heterocycles. The summed E-state index contributed by atoms with van der Waals surface area (Å²) >= 11 is 0. The van der Waals surface area contributed by atoms with Crippen LogP contribution in [0, 0.1) is 5.92 Å². The van der Waals surface area contributed by atoms with Crippen molar-refractivity contribution in [1.29, 1.82) is 0 Å². The summed E-state index contributed by atoms with van der Waals surface area (Å²) in [7, 11) is 2.32. The van der Waals surface area contributed by atoms with Gasteiger partial charge < -0.3 is 15.0 Å². The van der Waals surface area contributed by atoms with Gasteiger partial charge in [0.2, 0.25) is 0 Å². The fourth-order valence-electron chi connectivity index (χ4n) is 3.44. The molecule has 3 heteroatoms. The van der Waals surface area contributed by atoms with E-state index < -0.39 is 0 Å². The molecule has 0 aliphatic carbocycles. The highest BCUT2D eigenvalue weighted by atomic mass is 16.5. The predicted octanol–water partition coefficient (Wildman–Crippen LogP) is 2.26. The molecule has 2 atom stereocenters. The fourth-order valence-corrected chi connectivity index (χ4v) is 3.44. The van der Waals surface area contributed by atoms with Crippen LogP contribution in [0.1, 0.15) is 46.0 Å². The lowest BCUT2D eigenvalue weighted by molar-refractivity contribution is 0.0446. The Morgan fingerprint density at radius 1 is 1.22 bits per heavy atom. The SMILES string of the molecule is CC(C)COCCNC1CC2CCCC(C1)N2C. The van der Waals surface area contributed by atoms with Crippen LogP contribution in [0.4, 0.5) is 0 Å². The molecule has 2 unspecified atom stereocenters. The molecule has 2 fully saturated rings. The Morgan fingerprint density at radius 3 is 2.50 bits per heavy atom. The van der Waals surface area contributed by atoms with E-state index in [2.05, 4.69) is 31.1 Å². The van der Waals surface area contributed by atoms with Gasteiger partial charge in [0.15, 0.2) is 0 Å². The van der Waals surface area contributed by atoms with Crippen LogP contribution in [0.5, 0.6) is 0 Å². The van der Waals surface area contributed by atoms with Crippen LogP contribution in [-0.4, -0.2) is 49.8 Å². The topological polar surface area (TPSA) is 24.5 Å². The third kappa shape index (κ3) is 3.94. The molecule has 0 saturated carbocycles. The van der Waals surface area contributed by atoms with Gasteiger partial charge in [-0.25, -0.2) is 0 Å². The van der Waals surface area contributed by atoms with Gasteiger partial charge in [-0.2, -0.15) is 0 Å². The summed E-state index contributed by atoms with van der Waals surface area (Å²) in [6.45, 7) is 7.16. The zero-order valence-corrected chi connectivity index (χ0v) is 12.3. The van der Waals surface area contributed by atoms with Crippen LogP contribution in [0.15, 0.2) is 0 Å². The van der Waals surface area contributed by atoms with Gasteiger partial charge in [0, 0.05) is 31.3 Å². The molecule has 3 nitrogen and oxygen atoms in total. The molecule has 0 radical (unpaired) electrons. The van der Waals surface area contributed by atoms with E-state index in [-0.39, 0.29) is 0 Å². The van der Waals surface area contributed by atoms with E-state index >= 15 is 0 Å². The number of fused-ring (bicyclic) bond motifs is 2. The normalized spacial score (nSPS) is 33.0. The van der Waals surface area contributed by atoms with Crippen molar-refractivity contribution in [2.45, 2.75) is 64.1 Å². The Balaban J connectivity index is 1.62. The quantitative estimate of drug-likeness (QED) is 0.736. The molecule has 2 aliphatic heterocycles. The minimum Gasteiger partial charge on any atom is -0.380 e. The molecule has 18 heavy (non-hydrogen) atoms. The number of ether oxygens (including phenoxy) is 1. The van der Waals surface area contributed by atoms with Crippen molar-refractivity contribution < 1.29 is 4.74 Å². The van der Waals surface area contributed by atoms with Crippen LogP contribution >= 0.6 is 0 Å². The zero-order valence-electron chi connectivity index (χ0n) is 12.3. The van der Waals surface area contributed by atoms with Gasteiger partial charge in [-0.1, -0.05) is 20.3 Å². The van der Waals surface area contributed by atoms with Crippen LogP contribution in [0.2, 0.25) is 0 Å². The van der Waals surface area contributed by atoms with Gasteiger partial charge in [-0.3, -0.25) is 0 Å². The van der Waals surface area contributed by atoms with E-state index in [0.717, 1.165) is 37.9 Å². The highest BCUT2D eigenvalue weighted by molar-refractivity contribution is 4.93. The van der Waals surface area contributed by atoms with Crippen molar-refractivity contribution in [2.75, 3.05) is 26.8 Å².